The summed E-state index contributed by atoms with van der Waals surface area (Å²) >= 11 is 3.38. The van der Waals surface area contributed by atoms with Crippen LogP contribution in [0.15, 0.2) is 23.6 Å². The summed E-state index contributed by atoms with van der Waals surface area (Å²) < 4.78 is 0.789. The number of carbonyl (C=O) groups is 2. The van der Waals surface area contributed by atoms with Crippen LogP contribution in [0.2, 0.25) is 0 Å². The Morgan fingerprint density at radius 1 is 1.42 bits per heavy atom. The Balaban J connectivity index is 2.28. The molecule has 1 amide bonds. The average molecular weight is 388 g/mol. The van der Waals surface area contributed by atoms with Crippen LogP contribution in [0.3, 0.4) is 0 Å². The second-order valence-corrected chi connectivity index (χ2v) is 6.01. The zero-order chi connectivity index (χ0) is 14.0. The maximum Gasteiger partial charge on any atom is 0.337 e. The largest absolute Gasteiger partial charge is 0.478 e. The van der Waals surface area contributed by atoms with E-state index in [1.807, 2.05) is 22.6 Å². The van der Waals surface area contributed by atoms with Crippen molar-refractivity contribution in [2.45, 2.75) is 6.92 Å². The fraction of sp³-hybridized carbons (Fsp3) is 0.0833. The molecule has 2 rings (SSSR count). The number of carboxylic acids is 1. The molecule has 1 heterocycles. The lowest BCUT2D eigenvalue weighted by molar-refractivity contribution is 0.0698. The number of anilines is 1. The van der Waals surface area contributed by atoms with Crippen LogP contribution >= 0.6 is 33.9 Å². The number of carboxylic acid groups (broad SMARTS) is 1. The van der Waals surface area contributed by atoms with Crippen LogP contribution < -0.4 is 5.32 Å². The van der Waals surface area contributed by atoms with Crippen LogP contribution in [-0.2, 0) is 0 Å². The first-order chi connectivity index (χ1) is 8.97. The smallest absolute Gasteiger partial charge is 0.337 e. The van der Waals surface area contributed by atoms with Crippen LogP contribution in [0.1, 0.15) is 25.9 Å². The molecule has 0 aliphatic heterocycles. The molecule has 0 aliphatic carbocycles. The number of benzene rings is 1. The molecule has 1 aromatic heterocycles. The molecule has 5 nitrogen and oxygen atoms in total. The molecule has 2 aromatic rings. The number of amides is 1. The number of aryl methyl sites for hydroxylation is 1. The van der Waals surface area contributed by atoms with E-state index in [2.05, 4.69) is 10.3 Å². The molecule has 0 atom stereocenters. The van der Waals surface area contributed by atoms with Gasteiger partial charge in [0.1, 0.15) is 5.69 Å². The zero-order valence-corrected chi connectivity index (χ0v) is 12.8. The number of aromatic carboxylic acids is 1. The SMILES string of the molecule is Cc1nc(C(=O)Nc2ccc(I)cc2C(=O)O)cs1. The Bertz CT molecular complexity index is 654. The summed E-state index contributed by atoms with van der Waals surface area (Å²) in [6.07, 6.45) is 0. The molecule has 0 radical (unpaired) electrons. The molecule has 98 valence electrons. The van der Waals surface area contributed by atoms with Crippen molar-refractivity contribution in [3.05, 3.63) is 43.4 Å². The zero-order valence-electron chi connectivity index (χ0n) is 9.81. The van der Waals surface area contributed by atoms with Gasteiger partial charge in [-0.15, -0.1) is 11.3 Å². The van der Waals surface area contributed by atoms with Crippen molar-refractivity contribution in [1.29, 1.82) is 0 Å². The number of carbonyl (C=O) groups excluding carboxylic acids is 1. The van der Waals surface area contributed by atoms with Gasteiger partial charge in [0.25, 0.3) is 5.91 Å². The molecule has 0 saturated carbocycles. The topological polar surface area (TPSA) is 79.3 Å². The maximum absolute atomic E-state index is 11.9. The number of nitrogens with one attached hydrogen (secondary N) is 1. The van der Waals surface area contributed by atoms with Gasteiger partial charge in [-0.1, -0.05) is 0 Å². The molecule has 0 aliphatic rings. The summed E-state index contributed by atoms with van der Waals surface area (Å²) in [5.41, 5.74) is 0.619. The lowest BCUT2D eigenvalue weighted by Gasteiger charge is -2.07. The predicted molar refractivity (Wildman–Crippen MR) is 80.9 cm³/mol. The average Bonchev–Trinajstić information content (AvgIpc) is 2.78. The minimum Gasteiger partial charge on any atom is -0.478 e. The fourth-order valence-corrected chi connectivity index (χ4v) is 2.54. The number of aromatic nitrogens is 1. The summed E-state index contributed by atoms with van der Waals surface area (Å²) in [7, 11) is 0. The molecule has 0 bridgehead atoms. The highest BCUT2D eigenvalue weighted by molar-refractivity contribution is 14.1. The van der Waals surface area contributed by atoms with Gasteiger partial charge in [0.05, 0.1) is 16.3 Å². The summed E-state index contributed by atoms with van der Waals surface area (Å²) in [5, 5.41) is 14.1. The van der Waals surface area contributed by atoms with Crippen LogP contribution in [0.4, 0.5) is 5.69 Å². The van der Waals surface area contributed by atoms with Crippen LogP contribution in [0.25, 0.3) is 0 Å². The third-order valence-corrected chi connectivity index (χ3v) is 3.76. The lowest BCUT2D eigenvalue weighted by Crippen LogP contribution is -2.15. The molecule has 0 saturated heterocycles. The summed E-state index contributed by atoms with van der Waals surface area (Å²) in [4.78, 5) is 27.1. The van der Waals surface area contributed by atoms with Gasteiger partial charge < -0.3 is 10.4 Å². The summed E-state index contributed by atoms with van der Waals surface area (Å²) in [6, 6.07) is 4.81. The predicted octanol–water partition coefficient (Wildman–Crippen LogP) is 3.01. The highest BCUT2D eigenvalue weighted by Gasteiger charge is 2.15. The van der Waals surface area contributed by atoms with Gasteiger partial charge in [-0.3, -0.25) is 4.79 Å². The van der Waals surface area contributed by atoms with E-state index in [1.54, 1.807) is 24.4 Å². The Labute approximate surface area is 126 Å². The Hall–Kier alpha value is -1.48. The molecular weight excluding hydrogens is 379 g/mol. The first kappa shape index (κ1) is 13.9. The molecule has 0 spiro atoms. The first-order valence-corrected chi connectivity index (χ1v) is 7.19. The van der Waals surface area contributed by atoms with Crippen molar-refractivity contribution < 1.29 is 14.7 Å². The number of nitrogens with zero attached hydrogens (tertiary/aromatic N) is 1. The highest BCUT2D eigenvalue weighted by Crippen LogP contribution is 2.20. The molecular formula is C12H9IN2O3S. The van der Waals surface area contributed by atoms with Gasteiger partial charge in [0, 0.05) is 8.95 Å². The number of hydrogen-bond donors (Lipinski definition) is 2. The monoisotopic (exact) mass is 388 g/mol. The van der Waals surface area contributed by atoms with Crippen molar-refractivity contribution in [3.63, 3.8) is 0 Å². The molecule has 1 aromatic carbocycles. The maximum atomic E-state index is 11.9. The van der Waals surface area contributed by atoms with Crippen LogP contribution in [-0.4, -0.2) is 22.0 Å². The number of hydrogen-bond acceptors (Lipinski definition) is 4. The second kappa shape index (κ2) is 5.66. The minimum atomic E-state index is -1.08. The third-order valence-electron chi connectivity index (χ3n) is 2.31. The quantitative estimate of drug-likeness (QED) is 0.793. The van der Waals surface area contributed by atoms with E-state index in [4.69, 9.17) is 5.11 Å². The molecule has 0 unspecified atom stereocenters. The molecule has 19 heavy (non-hydrogen) atoms. The van der Waals surface area contributed by atoms with Crippen molar-refractivity contribution in [3.8, 4) is 0 Å². The van der Waals surface area contributed by atoms with E-state index in [9.17, 15) is 9.59 Å². The van der Waals surface area contributed by atoms with E-state index in [-0.39, 0.29) is 16.9 Å². The molecule has 7 heteroatoms. The van der Waals surface area contributed by atoms with Gasteiger partial charge in [-0.25, -0.2) is 9.78 Å². The van der Waals surface area contributed by atoms with E-state index >= 15 is 0 Å². The number of halogens is 1. The van der Waals surface area contributed by atoms with E-state index < -0.39 is 11.9 Å². The summed E-state index contributed by atoms with van der Waals surface area (Å²) in [6.45, 7) is 1.80. The normalized spacial score (nSPS) is 10.2. The van der Waals surface area contributed by atoms with E-state index in [0.717, 1.165) is 8.58 Å². The Kier molecular flexibility index (Phi) is 4.15. The van der Waals surface area contributed by atoms with E-state index in [1.165, 1.54) is 17.4 Å². The summed E-state index contributed by atoms with van der Waals surface area (Å²) in [5.74, 6) is -1.49. The third kappa shape index (κ3) is 3.29. The molecule has 2 N–H and O–H groups in total. The van der Waals surface area contributed by atoms with Crippen molar-refractivity contribution in [1.82, 2.24) is 4.98 Å². The van der Waals surface area contributed by atoms with Gasteiger partial charge in [0.2, 0.25) is 0 Å². The minimum absolute atomic E-state index is 0.0622. The van der Waals surface area contributed by atoms with Crippen molar-refractivity contribution in [2.75, 3.05) is 5.32 Å². The highest BCUT2D eigenvalue weighted by atomic mass is 127. The van der Waals surface area contributed by atoms with Gasteiger partial charge in [0.15, 0.2) is 0 Å². The van der Waals surface area contributed by atoms with Gasteiger partial charge in [-0.2, -0.15) is 0 Å². The van der Waals surface area contributed by atoms with Crippen molar-refractivity contribution in [2.24, 2.45) is 0 Å². The number of thiazole rings is 1. The van der Waals surface area contributed by atoms with Gasteiger partial charge in [-0.05, 0) is 47.7 Å². The lowest BCUT2D eigenvalue weighted by atomic mass is 10.2. The second-order valence-electron chi connectivity index (χ2n) is 3.70. The van der Waals surface area contributed by atoms with Crippen molar-refractivity contribution >= 4 is 51.5 Å². The molecule has 0 fully saturated rings. The van der Waals surface area contributed by atoms with E-state index in [0.29, 0.717) is 0 Å². The van der Waals surface area contributed by atoms with Gasteiger partial charge >= 0.3 is 5.97 Å². The Morgan fingerprint density at radius 3 is 2.74 bits per heavy atom. The standard InChI is InChI=1S/C12H9IN2O3S/c1-6-14-10(5-19-6)11(16)15-9-3-2-7(13)4-8(9)12(17)18/h2-5H,1H3,(H,15,16)(H,17,18). The van der Waals surface area contributed by atoms with Crippen LogP contribution in [0.5, 0.6) is 0 Å². The fourth-order valence-electron chi connectivity index (χ4n) is 1.46. The Morgan fingerprint density at radius 2 is 2.16 bits per heavy atom. The first-order valence-electron chi connectivity index (χ1n) is 5.23. The van der Waals surface area contributed by atoms with Crippen LogP contribution in [0, 0.1) is 10.5 Å². The number of rotatable bonds is 3.